The third kappa shape index (κ3) is 5.11. The molecule has 134 valence electrons. The summed E-state index contributed by atoms with van der Waals surface area (Å²) in [6.07, 6.45) is 5.23. The summed E-state index contributed by atoms with van der Waals surface area (Å²) in [4.78, 5) is 7.13. The van der Waals surface area contributed by atoms with Crippen LogP contribution in [0, 0.1) is 6.92 Å². The van der Waals surface area contributed by atoms with E-state index < -0.39 is 0 Å². The Bertz CT molecular complexity index is 670. The number of nitrogens with zero attached hydrogens (tertiary/aromatic N) is 2. The van der Waals surface area contributed by atoms with E-state index in [0.717, 1.165) is 52.0 Å². The largest absolute Gasteiger partial charge is 0.330 e. The van der Waals surface area contributed by atoms with Crippen molar-refractivity contribution in [1.29, 1.82) is 0 Å². The molecular formula is C21H30N4. The normalized spacial score (nSPS) is 16.8. The van der Waals surface area contributed by atoms with Gasteiger partial charge < -0.3 is 11.1 Å². The van der Waals surface area contributed by atoms with E-state index in [2.05, 4.69) is 52.5 Å². The summed E-state index contributed by atoms with van der Waals surface area (Å²) in [7, 11) is 0. The fourth-order valence-corrected chi connectivity index (χ4v) is 3.57. The van der Waals surface area contributed by atoms with E-state index in [0.29, 0.717) is 6.04 Å². The lowest BCUT2D eigenvalue weighted by Crippen LogP contribution is -2.45. The minimum Gasteiger partial charge on any atom is -0.330 e. The van der Waals surface area contributed by atoms with Crippen LogP contribution in [0.3, 0.4) is 0 Å². The highest BCUT2D eigenvalue weighted by Crippen LogP contribution is 2.18. The number of nitrogens with two attached hydrogens (primary N) is 1. The van der Waals surface area contributed by atoms with Crippen LogP contribution in [0.2, 0.25) is 0 Å². The minimum absolute atomic E-state index is 0.497. The maximum atomic E-state index is 5.69. The highest BCUT2D eigenvalue weighted by atomic mass is 15.2. The molecule has 4 heteroatoms. The Balaban J connectivity index is 1.64. The van der Waals surface area contributed by atoms with Crippen LogP contribution in [-0.4, -0.2) is 35.6 Å². The van der Waals surface area contributed by atoms with Gasteiger partial charge in [0, 0.05) is 31.9 Å². The van der Waals surface area contributed by atoms with Crippen LogP contribution in [0.1, 0.15) is 35.2 Å². The van der Waals surface area contributed by atoms with Crippen molar-refractivity contribution in [3.63, 3.8) is 0 Å². The van der Waals surface area contributed by atoms with E-state index in [9.17, 15) is 0 Å². The van der Waals surface area contributed by atoms with Crippen molar-refractivity contribution in [1.82, 2.24) is 15.2 Å². The Labute approximate surface area is 151 Å². The average Bonchev–Trinajstić information content (AvgIpc) is 2.63. The van der Waals surface area contributed by atoms with Crippen LogP contribution >= 0.6 is 0 Å². The van der Waals surface area contributed by atoms with Gasteiger partial charge in [-0.3, -0.25) is 9.88 Å². The molecule has 1 aliphatic rings. The molecule has 0 fully saturated rings. The quantitative estimate of drug-likeness (QED) is 0.727. The SMILES string of the molecule is Cc1cccnc1CN(CCCCN)C[C@H]1Cc2ccccc2CN1. The van der Waals surface area contributed by atoms with Gasteiger partial charge in [-0.25, -0.2) is 0 Å². The molecule has 25 heavy (non-hydrogen) atoms. The zero-order valence-corrected chi connectivity index (χ0v) is 15.2. The molecule has 1 aromatic carbocycles. The van der Waals surface area contributed by atoms with Crippen molar-refractivity contribution in [2.75, 3.05) is 19.6 Å². The lowest BCUT2D eigenvalue weighted by molar-refractivity contribution is 0.222. The van der Waals surface area contributed by atoms with Gasteiger partial charge in [-0.15, -0.1) is 0 Å². The zero-order valence-electron chi connectivity index (χ0n) is 15.2. The van der Waals surface area contributed by atoms with Crippen molar-refractivity contribution in [3.8, 4) is 0 Å². The summed E-state index contributed by atoms with van der Waals surface area (Å²) in [5.74, 6) is 0. The predicted octanol–water partition coefficient (Wildman–Crippen LogP) is 2.65. The molecule has 0 spiro atoms. The molecular weight excluding hydrogens is 308 g/mol. The summed E-state index contributed by atoms with van der Waals surface area (Å²) < 4.78 is 0. The number of fused-ring (bicyclic) bond motifs is 1. The Morgan fingerprint density at radius 1 is 1.16 bits per heavy atom. The number of unbranched alkanes of at least 4 members (excludes halogenated alkanes) is 1. The molecule has 2 heterocycles. The van der Waals surface area contributed by atoms with Crippen molar-refractivity contribution in [2.24, 2.45) is 5.73 Å². The number of aromatic nitrogens is 1. The van der Waals surface area contributed by atoms with Gasteiger partial charge in [0.25, 0.3) is 0 Å². The molecule has 0 radical (unpaired) electrons. The lowest BCUT2D eigenvalue weighted by atomic mass is 9.95. The van der Waals surface area contributed by atoms with Crippen LogP contribution in [0.25, 0.3) is 0 Å². The van der Waals surface area contributed by atoms with Crippen molar-refractivity contribution in [3.05, 3.63) is 65.0 Å². The number of hydrogen-bond donors (Lipinski definition) is 2. The first-order valence-corrected chi connectivity index (χ1v) is 9.39. The Morgan fingerprint density at radius 2 is 2.00 bits per heavy atom. The van der Waals surface area contributed by atoms with E-state index in [1.165, 1.54) is 22.4 Å². The smallest absolute Gasteiger partial charge is 0.0573 e. The number of nitrogens with one attached hydrogen (secondary N) is 1. The van der Waals surface area contributed by atoms with Crippen LogP contribution < -0.4 is 11.1 Å². The van der Waals surface area contributed by atoms with Gasteiger partial charge in [0.15, 0.2) is 0 Å². The average molecular weight is 338 g/mol. The van der Waals surface area contributed by atoms with Gasteiger partial charge in [0.2, 0.25) is 0 Å². The van der Waals surface area contributed by atoms with Crippen molar-refractivity contribution in [2.45, 2.75) is 45.3 Å². The van der Waals surface area contributed by atoms with E-state index in [-0.39, 0.29) is 0 Å². The second kappa shape index (κ2) is 9.09. The third-order valence-corrected chi connectivity index (χ3v) is 5.06. The Kier molecular flexibility index (Phi) is 6.56. The Hall–Kier alpha value is -1.75. The number of pyridine rings is 1. The topological polar surface area (TPSA) is 54.2 Å². The van der Waals surface area contributed by atoms with Crippen LogP contribution in [0.5, 0.6) is 0 Å². The highest BCUT2D eigenvalue weighted by Gasteiger charge is 2.20. The highest BCUT2D eigenvalue weighted by molar-refractivity contribution is 5.30. The molecule has 0 amide bonds. The maximum Gasteiger partial charge on any atom is 0.0573 e. The summed E-state index contributed by atoms with van der Waals surface area (Å²) >= 11 is 0. The van der Waals surface area contributed by atoms with Gasteiger partial charge >= 0.3 is 0 Å². The van der Waals surface area contributed by atoms with Gasteiger partial charge in [-0.2, -0.15) is 0 Å². The number of rotatable bonds is 8. The molecule has 2 aromatic rings. The summed E-state index contributed by atoms with van der Waals surface area (Å²) in [6.45, 7) is 6.93. The molecule has 1 atom stereocenters. The lowest BCUT2D eigenvalue weighted by Gasteiger charge is -2.32. The van der Waals surface area contributed by atoms with Gasteiger partial charge in [0.05, 0.1) is 5.69 Å². The summed E-state index contributed by atoms with van der Waals surface area (Å²) in [5.41, 5.74) is 11.1. The molecule has 3 rings (SSSR count). The second-order valence-corrected chi connectivity index (χ2v) is 7.05. The number of hydrogen-bond acceptors (Lipinski definition) is 4. The molecule has 0 bridgehead atoms. The van der Waals surface area contributed by atoms with Gasteiger partial charge in [-0.1, -0.05) is 30.3 Å². The van der Waals surface area contributed by atoms with E-state index >= 15 is 0 Å². The van der Waals surface area contributed by atoms with E-state index in [1.54, 1.807) is 0 Å². The second-order valence-electron chi connectivity index (χ2n) is 7.05. The van der Waals surface area contributed by atoms with Gasteiger partial charge in [-0.05, 0) is 62.0 Å². The maximum absolute atomic E-state index is 5.69. The minimum atomic E-state index is 0.497. The molecule has 0 saturated heterocycles. The molecule has 0 unspecified atom stereocenters. The standard InChI is InChI=1S/C21H30N4/c1-17-7-6-11-23-21(17)16-25(12-5-4-10-22)15-20-13-18-8-2-3-9-19(18)14-24-20/h2-3,6-9,11,20,24H,4-5,10,12-16,22H2,1H3/t20-/m1/s1. The monoisotopic (exact) mass is 338 g/mol. The Morgan fingerprint density at radius 3 is 2.80 bits per heavy atom. The fraction of sp³-hybridized carbons (Fsp3) is 0.476. The number of benzene rings is 1. The first-order valence-electron chi connectivity index (χ1n) is 9.39. The van der Waals surface area contributed by atoms with Crippen LogP contribution in [-0.2, 0) is 19.5 Å². The first-order chi connectivity index (χ1) is 12.3. The molecule has 1 aliphatic heterocycles. The third-order valence-electron chi connectivity index (χ3n) is 5.06. The van der Waals surface area contributed by atoms with Crippen LogP contribution in [0.15, 0.2) is 42.6 Å². The fourth-order valence-electron chi connectivity index (χ4n) is 3.57. The summed E-state index contributed by atoms with van der Waals surface area (Å²) in [5, 5.41) is 3.71. The zero-order chi connectivity index (χ0) is 17.5. The van der Waals surface area contributed by atoms with Crippen LogP contribution in [0.4, 0.5) is 0 Å². The van der Waals surface area contributed by atoms with E-state index in [1.807, 2.05) is 12.3 Å². The first kappa shape index (κ1) is 18.1. The molecule has 0 saturated carbocycles. The van der Waals surface area contributed by atoms with E-state index in [4.69, 9.17) is 5.73 Å². The van der Waals surface area contributed by atoms with Crippen molar-refractivity contribution >= 4 is 0 Å². The van der Waals surface area contributed by atoms with Crippen molar-refractivity contribution < 1.29 is 0 Å². The number of aryl methyl sites for hydroxylation is 1. The molecule has 3 N–H and O–H groups in total. The summed E-state index contributed by atoms with van der Waals surface area (Å²) in [6, 6.07) is 13.4. The van der Waals surface area contributed by atoms with Gasteiger partial charge in [0.1, 0.15) is 0 Å². The molecule has 0 aliphatic carbocycles. The predicted molar refractivity (Wildman–Crippen MR) is 103 cm³/mol. The molecule has 1 aromatic heterocycles. The molecule has 4 nitrogen and oxygen atoms in total.